The van der Waals surface area contributed by atoms with Gasteiger partial charge in [0.25, 0.3) is 0 Å². The van der Waals surface area contributed by atoms with Crippen LogP contribution in [0, 0.1) is 19.3 Å². The topological polar surface area (TPSA) is 62.7 Å². The standard InChI is InChI=1S/C32H38N2O3/c1-21-27(20-29(35)36)31(34-16-14-32(3,4)15-17-34)30(22(2)33-21)25-11-13-28-24(19-25)10-12-26(37-28)18-23-8-6-5-7-9-23/h5-9,11,13,19,26H,10,12,14-18,20H2,1-4H3,(H,35,36). The lowest BCUT2D eigenvalue weighted by Gasteiger charge is -2.40. The Morgan fingerprint density at radius 1 is 1.08 bits per heavy atom. The van der Waals surface area contributed by atoms with E-state index in [4.69, 9.17) is 9.72 Å². The molecule has 1 fully saturated rings. The summed E-state index contributed by atoms with van der Waals surface area (Å²) in [5.41, 5.74) is 8.64. The summed E-state index contributed by atoms with van der Waals surface area (Å²) in [5.74, 6) is 0.141. The fraction of sp³-hybridized carbons (Fsp3) is 0.438. The number of hydrogen-bond donors (Lipinski definition) is 1. The number of benzene rings is 2. The van der Waals surface area contributed by atoms with E-state index in [1.54, 1.807) is 0 Å². The molecule has 1 saturated heterocycles. The summed E-state index contributed by atoms with van der Waals surface area (Å²) in [6.07, 6.45) is 5.19. The minimum absolute atomic E-state index is 0.0173. The van der Waals surface area contributed by atoms with Crippen LogP contribution < -0.4 is 9.64 Å². The van der Waals surface area contributed by atoms with Crippen molar-refractivity contribution in [2.45, 2.75) is 72.3 Å². The van der Waals surface area contributed by atoms with Gasteiger partial charge in [0.1, 0.15) is 11.9 Å². The van der Waals surface area contributed by atoms with Crippen LogP contribution in [0.4, 0.5) is 5.69 Å². The lowest BCUT2D eigenvalue weighted by Crippen LogP contribution is -2.38. The Bertz CT molecular complexity index is 1290. The molecule has 3 aromatic rings. The van der Waals surface area contributed by atoms with Crippen molar-refractivity contribution in [3.8, 4) is 16.9 Å². The number of carboxylic acids is 1. The maximum atomic E-state index is 11.9. The molecule has 2 aromatic carbocycles. The van der Waals surface area contributed by atoms with Crippen molar-refractivity contribution in [2.24, 2.45) is 5.41 Å². The molecule has 0 bridgehead atoms. The molecule has 1 aromatic heterocycles. The first-order valence-electron chi connectivity index (χ1n) is 13.5. The van der Waals surface area contributed by atoms with Crippen molar-refractivity contribution in [1.29, 1.82) is 0 Å². The molecule has 2 aliphatic heterocycles. The summed E-state index contributed by atoms with van der Waals surface area (Å²) >= 11 is 0. The third-order valence-electron chi connectivity index (χ3n) is 8.10. The van der Waals surface area contributed by atoms with Crippen molar-refractivity contribution in [1.82, 2.24) is 4.98 Å². The molecule has 1 N–H and O–H groups in total. The van der Waals surface area contributed by atoms with E-state index in [0.29, 0.717) is 5.41 Å². The zero-order valence-corrected chi connectivity index (χ0v) is 22.5. The Kier molecular flexibility index (Phi) is 6.98. The van der Waals surface area contributed by atoms with E-state index in [2.05, 4.69) is 68.1 Å². The van der Waals surface area contributed by atoms with Gasteiger partial charge in [-0.05, 0) is 73.8 Å². The van der Waals surface area contributed by atoms with Gasteiger partial charge >= 0.3 is 5.97 Å². The van der Waals surface area contributed by atoms with Crippen molar-refractivity contribution < 1.29 is 14.6 Å². The number of fused-ring (bicyclic) bond motifs is 1. The predicted molar refractivity (Wildman–Crippen MR) is 149 cm³/mol. The molecule has 0 aliphatic carbocycles. The number of hydrogen-bond acceptors (Lipinski definition) is 4. The minimum atomic E-state index is -0.818. The normalized spacial score (nSPS) is 18.7. The van der Waals surface area contributed by atoms with E-state index >= 15 is 0 Å². The smallest absolute Gasteiger partial charge is 0.307 e. The molecular weight excluding hydrogens is 460 g/mol. The van der Waals surface area contributed by atoms with Crippen LogP contribution in [0.2, 0.25) is 0 Å². The first-order valence-corrected chi connectivity index (χ1v) is 13.5. The first-order chi connectivity index (χ1) is 17.7. The molecular formula is C32H38N2O3. The van der Waals surface area contributed by atoms with Crippen molar-refractivity contribution in [2.75, 3.05) is 18.0 Å². The number of rotatable bonds is 6. The highest BCUT2D eigenvalue weighted by Crippen LogP contribution is 2.43. The van der Waals surface area contributed by atoms with E-state index in [9.17, 15) is 9.90 Å². The Labute approximate surface area is 220 Å². The molecule has 0 amide bonds. The van der Waals surface area contributed by atoms with Crippen LogP contribution in [-0.4, -0.2) is 35.3 Å². The summed E-state index contributed by atoms with van der Waals surface area (Å²) < 4.78 is 6.42. The molecule has 3 heterocycles. The summed E-state index contributed by atoms with van der Waals surface area (Å²) in [7, 11) is 0. The zero-order chi connectivity index (χ0) is 26.2. The number of carboxylic acid groups (broad SMARTS) is 1. The highest BCUT2D eigenvalue weighted by molar-refractivity contribution is 5.86. The Hall–Kier alpha value is -3.34. The van der Waals surface area contributed by atoms with E-state index in [1.807, 2.05) is 13.0 Å². The van der Waals surface area contributed by atoms with Crippen LogP contribution in [0.3, 0.4) is 0 Å². The molecule has 1 atom stereocenters. The molecule has 194 valence electrons. The van der Waals surface area contributed by atoms with Gasteiger partial charge in [0.15, 0.2) is 0 Å². The van der Waals surface area contributed by atoms with Crippen LogP contribution in [0.25, 0.3) is 11.1 Å². The fourth-order valence-corrected chi connectivity index (χ4v) is 5.88. The second-order valence-corrected chi connectivity index (χ2v) is 11.5. The largest absolute Gasteiger partial charge is 0.490 e. The highest BCUT2D eigenvalue weighted by atomic mass is 16.5. The van der Waals surface area contributed by atoms with E-state index in [1.165, 1.54) is 11.1 Å². The number of anilines is 1. The molecule has 37 heavy (non-hydrogen) atoms. The molecule has 5 rings (SSSR count). The first kappa shape index (κ1) is 25.3. The van der Waals surface area contributed by atoms with E-state index in [-0.39, 0.29) is 12.5 Å². The molecule has 0 saturated carbocycles. The second kappa shape index (κ2) is 10.2. The minimum Gasteiger partial charge on any atom is -0.490 e. The average Bonchev–Trinajstić information content (AvgIpc) is 2.86. The van der Waals surface area contributed by atoms with Gasteiger partial charge in [0.05, 0.1) is 12.1 Å². The third-order valence-corrected chi connectivity index (χ3v) is 8.10. The SMILES string of the molecule is Cc1nc(C)c(-c2ccc3c(c2)CCC(Cc2ccccc2)O3)c(N2CCC(C)(C)CC2)c1CC(=O)O. The molecule has 0 radical (unpaired) electrons. The number of carbonyl (C=O) groups is 1. The number of pyridine rings is 1. The molecule has 5 heteroatoms. The highest BCUT2D eigenvalue weighted by Gasteiger charge is 2.31. The number of piperidine rings is 1. The van der Waals surface area contributed by atoms with Crippen LogP contribution in [0.5, 0.6) is 5.75 Å². The van der Waals surface area contributed by atoms with Crippen molar-refractivity contribution >= 4 is 11.7 Å². The maximum Gasteiger partial charge on any atom is 0.307 e. The van der Waals surface area contributed by atoms with Crippen LogP contribution >= 0.6 is 0 Å². The van der Waals surface area contributed by atoms with E-state index < -0.39 is 5.97 Å². The van der Waals surface area contributed by atoms with Gasteiger partial charge < -0.3 is 14.7 Å². The van der Waals surface area contributed by atoms with Gasteiger partial charge in [0, 0.05) is 42.0 Å². The maximum absolute atomic E-state index is 11.9. The van der Waals surface area contributed by atoms with Crippen molar-refractivity contribution in [3.05, 3.63) is 76.6 Å². The van der Waals surface area contributed by atoms with Gasteiger partial charge in [0.2, 0.25) is 0 Å². The molecule has 0 spiro atoms. The van der Waals surface area contributed by atoms with Gasteiger partial charge in [-0.2, -0.15) is 0 Å². The number of ether oxygens (including phenoxy) is 1. The number of aliphatic carboxylic acids is 1. The van der Waals surface area contributed by atoms with Crippen molar-refractivity contribution in [3.63, 3.8) is 0 Å². The predicted octanol–water partition coefficient (Wildman–Crippen LogP) is 6.56. The second-order valence-electron chi connectivity index (χ2n) is 11.5. The Morgan fingerprint density at radius 2 is 1.81 bits per heavy atom. The summed E-state index contributed by atoms with van der Waals surface area (Å²) in [5, 5.41) is 9.75. The lowest BCUT2D eigenvalue weighted by atomic mass is 9.82. The Morgan fingerprint density at radius 3 is 2.51 bits per heavy atom. The van der Waals surface area contributed by atoms with Crippen LogP contribution in [0.1, 0.15) is 61.2 Å². The Balaban J connectivity index is 1.51. The molecule has 1 unspecified atom stereocenters. The molecule has 2 aliphatic rings. The lowest BCUT2D eigenvalue weighted by molar-refractivity contribution is -0.136. The van der Waals surface area contributed by atoms with E-state index in [0.717, 1.165) is 84.7 Å². The van der Waals surface area contributed by atoms with Gasteiger partial charge in [-0.3, -0.25) is 9.78 Å². The number of nitrogens with zero attached hydrogens (tertiary/aromatic N) is 2. The van der Waals surface area contributed by atoms with Gasteiger partial charge in [-0.25, -0.2) is 0 Å². The van der Waals surface area contributed by atoms with Crippen LogP contribution in [0.15, 0.2) is 48.5 Å². The summed E-state index contributed by atoms with van der Waals surface area (Å²) in [4.78, 5) is 19.1. The summed E-state index contributed by atoms with van der Waals surface area (Å²) in [6.45, 7) is 10.5. The average molecular weight is 499 g/mol. The monoisotopic (exact) mass is 498 g/mol. The number of aryl methyl sites for hydroxylation is 3. The fourth-order valence-electron chi connectivity index (χ4n) is 5.88. The number of aromatic nitrogens is 1. The molecule has 5 nitrogen and oxygen atoms in total. The van der Waals surface area contributed by atoms with Gasteiger partial charge in [-0.1, -0.05) is 50.2 Å². The quantitative estimate of drug-likeness (QED) is 0.417. The third kappa shape index (κ3) is 5.51. The summed E-state index contributed by atoms with van der Waals surface area (Å²) in [6, 6.07) is 17.0. The zero-order valence-electron chi connectivity index (χ0n) is 22.5. The van der Waals surface area contributed by atoms with Crippen LogP contribution in [-0.2, 0) is 24.1 Å². The van der Waals surface area contributed by atoms with Gasteiger partial charge in [-0.15, -0.1) is 0 Å².